The molecule has 1 aromatic carbocycles. The summed E-state index contributed by atoms with van der Waals surface area (Å²) < 4.78 is 0. The molecule has 2 aromatic rings. The van der Waals surface area contributed by atoms with E-state index in [9.17, 15) is 14.9 Å². The number of fused-ring (bicyclic) bond motifs is 1. The summed E-state index contributed by atoms with van der Waals surface area (Å²) in [6, 6.07) is 3.90. The molecule has 0 saturated heterocycles. The fourth-order valence-corrected chi connectivity index (χ4v) is 1.76. The molecule has 0 bridgehead atoms. The molecule has 2 rings (SSSR count). The molecule has 0 radical (unpaired) electrons. The number of aliphatic hydroxyl groups excluding tert-OH is 1. The molecule has 1 heterocycles. The lowest BCUT2D eigenvalue weighted by atomic mass is 10.1. The SMILES string of the molecule is CC(CO)NC(=O)c1c[nH]c2ccc([N+](=O)[O-])cc12. The molecule has 7 heteroatoms. The Morgan fingerprint density at radius 3 is 2.95 bits per heavy atom. The Labute approximate surface area is 108 Å². The van der Waals surface area contributed by atoms with Crippen LogP contribution in [0.25, 0.3) is 10.9 Å². The van der Waals surface area contributed by atoms with Crippen molar-refractivity contribution < 1.29 is 14.8 Å². The molecule has 7 nitrogen and oxygen atoms in total. The number of hydrogen-bond acceptors (Lipinski definition) is 4. The number of aliphatic hydroxyl groups is 1. The smallest absolute Gasteiger partial charge is 0.270 e. The van der Waals surface area contributed by atoms with Crippen LogP contribution in [-0.4, -0.2) is 33.6 Å². The number of aromatic nitrogens is 1. The number of benzene rings is 1. The van der Waals surface area contributed by atoms with Crippen LogP contribution in [0.15, 0.2) is 24.4 Å². The van der Waals surface area contributed by atoms with Crippen molar-refractivity contribution in [2.24, 2.45) is 0 Å². The van der Waals surface area contributed by atoms with E-state index >= 15 is 0 Å². The summed E-state index contributed by atoms with van der Waals surface area (Å²) in [5.74, 6) is -0.381. The lowest BCUT2D eigenvalue weighted by Gasteiger charge is -2.09. The van der Waals surface area contributed by atoms with E-state index in [1.165, 1.54) is 18.3 Å². The average Bonchev–Trinajstić information content (AvgIpc) is 2.81. The number of aromatic amines is 1. The fourth-order valence-electron chi connectivity index (χ4n) is 1.76. The Kier molecular flexibility index (Phi) is 3.48. The molecule has 0 spiro atoms. The molecule has 1 atom stereocenters. The van der Waals surface area contributed by atoms with Gasteiger partial charge in [-0.25, -0.2) is 0 Å². The van der Waals surface area contributed by atoms with Crippen LogP contribution in [0.4, 0.5) is 5.69 Å². The van der Waals surface area contributed by atoms with Gasteiger partial charge in [-0.2, -0.15) is 0 Å². The zero-order valence-corrected chi connectivity index (χ0v) is 10.2. The van der Waals surface area contributed by atoms with E-state index in [2.05, 4.69) is 10.3 Å². The largest absolute Gasteiger partial charge is 0.394 e. The Hall–Kier alpha value is -2.41. The van der Waals surface area contributed by atoms with Crippen LogP contribution >= 0.6 is 0 Å². The van der Waals surface area contributed by atoms with E-state index in [1.807, 2.05) is 0 Å². The minimum atomic E-state index is -0.509. The van der Waals surface area contributed by atoms with Gasteiger partial charge in [0.05, 0.1) is 17.1 Å². The first-order valence-electron chi connectivity index (χ1n) is 5.70. The van der Waals surface area contributed by atoms with Crippen LogP contribution in [0.3, 0.4) is 0 Å². The van der Waals surface area contributed by atoms with Crippen molar-refractivity contribution in [1.82, 2.24) is 10.3 Å². The van der Waals surface area contributed by atoms with Crippen molar-refractivity contribution in [3.8, 4) is 0 Å². The Morgan fingerprint density at radius 2 is 2.32 bits per heavy atom. The Balaban J connectivity index is 2.40. The Morgan fingerprint density at radius 1 is 1.58 bits per heavy atom. The topological polar surface area (TPSA) is 108 Å². The van der Waals surface area contributed by atoms with Crippen LogP contribution in [0.5, 0.6) is 0 Å². The number of carbonyl (C=O) groups excluding carboxylic acids is 1. The molecule has 1 aromatic heterocycles. The van der Waals surface area contributed by atoms with Gasteiger partial charge in [0.2, 0.25) is 0 Å². The monoisotopic (exact) mass is 263 g/mol. The summed E-state index contributed by atoms with van der Waals surface area (Å²) in [6.45, 7) is 1.49. The van der Waals surface area contributed by atoms with Gasteiger partial charge in [0.25, 0.3) is 11.6 Å². The van der Waals surface area contributed by atoms with Gasteiger partial charge in [0.15, 0.2) is 0 Å². The second-order valence-electron chi connectivity index (χ2n) is 4.25. The highest BCUT2D eigenvalue weighted by atomic mass is 16.6. The number of nitro benzene ring substituents is 1. The van der Waals surface area contributed by atoms with E-state index in [0.29, 0.717) is 16.5 Å². The fraction of sp³-hybridized carbons (Fsp3) is 0.250. The second kappa shape index (κ2) is 5.07. The number of carbonyl (C=O) groups is 1. The van der Waals surface area contributed by atoms with Gasteiger partial charge >= 0.3 is 0 Å². The second-order valence-corrected chi connectivity index (χ2v) is 4.25. The third-order valence-corrected chi connectivity index (χ3v) is 2.77. The maximum absolute atomic E-state index is 12.0. The summed E-state index contributed by atoms with van der Waals surface area (Å²) in [7, 11) is 0. The van der Waals surface area contributed by atoms with E-state index in [0.717, 1.165) is 0 Å². The van der Waals surface area contributed by atoms with Gasteiger partial charge in [0.1, 0.15) is 0 Å². The van der Waals surface area contributed by atoms with Gasteiger partial charge in [-0.15, -0.1) is 0 Å². The average molecular weight is 263 g/mol. The van der Waals surface area contributed by atoms with Gasteiger partial charge < -0.3 is 15.4 Å². The van der Waals surface area contributed by atoms with Crippen LogP contribution < -0.4 is 5.32 Å². The first-order chi connectivity index (χ1) is 9.02. The molecule has 1 unspecified atom stereocenters. The summed E-state index contributed by atoms with van der Waals surface area (Å²) in [5.41, 5.74) is 0.891. The summed E-state index contributed by atoms with van der Waals surface area (Å²) in [5, 5.41) is 22.7. The highest BCUT2D eigenvalue weighted by Crippen LogP contribution is 2.23. The zero-order valence-electron chi connectivity index (χ0n) is 10.2. The van der Waals surface area contributed by atoms with Crippen LogP contribution in [0.2, 0.25) is 0 Å². The van der Waals surface area contributed by atoms with Crippen molar-refractivity contribution >= 4 is 22.5 Å². The number of amides is 1. The third-order valence-electron chi connectivity index (χ3n) is 2.77. The lowest BCUT2D eigenvalue weighted by molar-refractivity contribution is -0.384. The van der Waals surface area contributed by atoms with Gasteiger partial charge in [-0.05, 0) is 13.0 Å². The van der Waals surface area contributed by atoms with Gasteiger partial charge in [0, 0.05) is 35.3 Å². The van der Waals surface area contributed by atoms with Crippen LogP contribution in [-0.2, 0) is 0 Å². The molecule has 0 aliphatic rings. The van der Waals surface area contributed by atoms with Crippen molar-refractivity contribution in [2.75, 3.05) is 6.61 Å². The molecule has 0 saturated carbocycles. The van der Waals surface area contributed by atoms with E-state index < -0.39 is 4.92 Å². The lowest BCUT2D eigenvalue weighted by Crippen LogP contribution is -2.34. The zero-order chi connectivity index (χ0) is 14.0. The molecular formula is C12H13N3O4. The summed E-state index contributed by atoms with van der Waals surface area (Å²) in [4.78, 5) is 25.1. The van der Waals surface area contributed by atoms with Gasteiger partial charge in [-0.3, -0.25) is 14.9 Å². The molecule has 0 fully saturated rings. The maximum atomic E-state index is 12.0. The molecule has 0 aliphatic carbocycles. The number of hydrogen-bond donors (Lipinski definition) is 3. The minimum Gasteiger partial charge on any atom is -0.394 e. The maximum Gasteiger partial charge on any atom is 0.270 e. The van der Waals surface area contributed by atoms with Crippen LogP contribution in [0, 0.1) is 10.1 Å². The molecule has 19 heavy (non-hydrogen) atoms. The standard InChI is InChI=1S/C12H13N3O4/c1-7(6-16)14-12(17)10-5-13-11-3-2-8(15(18)19)4-9(10)11/h2-5,7,13,16H,6H2,1H3,(H,14,17). The highest BCUT2D eigenvalue weighted by molar-refractivity contribution is 6.07. The highest BCUT2D eigenvalue weighted by Gasteiger charge is 2.16. The van der Waals surface area contributed by atoms with E-state index in [4.69, 9.17) is 5.11 Å². The summed E-state index contributed by atoms with van der Waals surface area (Å²) >= 11 is 0. The van der Waals surface area contributed by atoms with Crippen molar-refractivity contribution in [2.45, 2.75) is 13.0 Å². The number of nitrogens with zero attached hydrogens (tertiary/aromatic N) is 1. The third kappa shape index (κ3) is 2.55. The number of rotatable bonds is 4. The predicted octanol–water partition coefficient (Wildman–Crippen LogP) is 1.19. The number of nitrogens with one attached hydrogen (secondary N) is 2. The predicted molar refractivity (Wildman–Crippen MR) is 69.0 cm³/mol. The quantitative estimate of drug-likeness (QED) is 0.568. The Bertz CT molecular complexity index is 635. The number of nitro groups is 1. The molecule has 100 valence electrons. The van der Waals surface area contributed by atoms with E-state index in [1.54, 1.807) is 13.0 Å². The van der Waals surface area contributed by atoms with Crippen molar-refractivity contribution in [3.63, 3.8) is 0 Å². The van der Waals surface area contributed by atoms with E-state index in [-0.39, 0.29) is 24.2 Å². The van der Waals surface area contributed by atoms with Crippen molar-refractivity contribution in [3.05, 3.63) is 40.1 Å². The molecule has 1 amide bonds. The normalized spacial score (nSPS) is 12.3. The molecular weight excluding hydrogens is 250 g/mol. The first kappa shape index (κ1) is 13.0. The minimum absolute atomic E-state index is 0.0728. The number of H-pyrrole nitrogens is 1. The molecule has 3 N–H and O–H groups in total. The number of non-ortho nitro benzene ring substituents is 1. The summed E-state index contributed by atoms with van der Waals surface area (Å²) in [6.07, 6.45) is 1.49. The molecule has 0 aliphatic heterocycles. The van der Waals surface area contributed by atoms with Crippen LogP contribution in [0.1, 0.15) is 17.3 Å². The first-order valence-corrected chi connectivity index (χ1v) is 5.70. The van der Waals surface area contributed by atoms with Gasteiger partial charge in [-0.1, -0.05) is 0 Å². The van der Waals surface area contributed by atoms with Crippen molar-refractivity contribution in [1.29, 1.82) is 0 Å².